The fourth-order valence-electron chi connectivity index (χ4n) is 3.44. The number of amides is 1. The van der Waals surface area contributed by atoms with Crippen LogP contribution in [0, 0.1) is 6.92 Å². The van der Waals surface area contributed by atoms with E-state index in [1.807, 2.05) is 63.2 Å². The van der Waals surface area contributed by atoms with Gasteiger partial charge in [0.25, 0.3) is 5.91 Å². The molecule has 0 aliphatic heterocycles. The topological polar surface area (TPSA) is 112 Å². The van der Waals surface area contributed by atoms with E-state index in [0.717, 1.165) is 28.2 Å². The number of nitrogens with two attached hydrogens (primary N) is 1. The summed E-state index contributed by atoms with van der Waals surface area (Å²) in [5.41, 5.74) is 10.9. The minimum Gasteiger partial charge on any atom is -0.384 e. The normalized spacial score (nSPS) is 11.8. The molecule has 2 aromatic heterocycles. The standard InChI is InChI=1S/C24H25N7O/c1-4-23-28-29-30-31(23)21-12-19(17-7-5-15(2)6-8-17)11-20(13-21)24(32)27-16(3)18-9-10-22(25)26-14-18/h5-14,16H,4H2,1-3H3,(H2,25,26)(H,27,32). The number of hydrogen-bond acceptors (Lipinski definition) is 6. The van der Waals surface area contributed by atoms with Crippen molar-refractivity contribution in [1.82, 2.24) is 30.5 Å². The number of nitrogens with one attached hydrogen (secondary N) is 1. The molecule has 3 N–H and O–H groups in total. The number of pyridine rings is 1. The Balaban J connectivity index is 1.72. The van der Waals surface area contributed by atoms with Gasteiger partial charge in [-0.05, 0) is 65.2 Å². The number of nitrogens with zero attached hydrogens (tertiary/aromatic N) is 5. The molecule has 162 valence electrons. The molecule has 1 unspecified atom stereocenters. The van der Waals surface area contributed by atoms with Crippen LogP contribution in [0.5, 0.6) is 0 Å². The Bertz CT molecular complexity index is 1230. The second-order valence-electron chi connectivity index (χ2n) is 7.71. The van der Waals surface area contributed by atoms with Gasteiger partial charge in [-0.25, -0.2) is 4.98 Å². The maximum Gasteiger partial charge on any atom is 0.251 e. The van der Waals surface area contributed by atoms with Crippen LogP contribution in [0.15, 0.2) is 60.8 Å². The van der Waals surface area contributed by atoms with Crippen LogP contribution < -0.4 is 11.1 Å². The van der Waals surface area contributed by atoms with Crippen LogP contribution in [-0.2, 0) is 6.42 Å². The van der Waals surface area contributed by atoms with Crippen molar-refractivity contribution in [3.05, 3.63) is 83.3 Å². The number of aryl methyl sites for hydroxylation is 2. The summed E-state index contributed by atoms with van der Waals surface area (Å²) in [4.78, 5) is 17.3. The van der Waals surface area contributed by atoms with E-state index >= 15 is 0 Å². The Hall–Kier alpha value is -4.07. The predicted molar refractivity (Wildman–Crippen MR) is 123 cm³/mol. The van der Waals surface area contributed by atoms with E-state index in [1.54, 1.807) is 23.0 Å². The number of carbonyl (C=O) groups is 1. The second kappa shape index (κ2) is 8.97. The van der Waals surface area contributed by atoms with Crippen LogP contribution in [0.2, 0.25) is 0 Å². The smallest absolute Gasteiger partial charge is 0.251 e. The highest BCUT2D eigenvalue weighted by Crippen LogP contribution is 2.26. The van der Waals surface area contributed by atoms with E-state index in [-0.39, 0.29) is 11.9 Å². The Labute approximate surface area is 186 Å². The minimum atomic E-state index is -0.235. The number of aromatic nitrogens is 5. The summed E-state index contributed by atoms with van der Waals surface area (Å²) in [6, 6.07) is 17.2. The molecule has 0 aliphatic rings. The average molecular weight is 428 g/mol. The van der Waals surface area contributed by atoms with Gasteiger partial charge in [-0.3, -0.25) is 4.79 Å². The lowest BCUT2D eigenvalue weighted by molar-refractivity contribution is 0.0940. The summed E-state index contributed by atoms with van der Waals surface area (Å²) < 4.78 is 1.67. The van der Waals surface area contributed by atoms with Gasteiger partial charge in [-0.15, -0.1) is 5.10 Å². The Kier molecular flexibility index (Phi) is 5.93. The van der Waals surface area contributed by atoms with Gasteiger partial charge in [-0.2, -0.15) is 4.68 Å². The van der Waals surface area contributed by atoms with Crippen molar-refractivity contribution in [2.24, 2.45) is 0 Å². The molecule has 8 heteroatoms. The molecular formula is C24H25N7O. The van der Waals surface area contributed by atoms with Crippen molar-refractivity contribution in [3.8, 4) is 16.8 Å². The van der Waals surface area contributed by atoms with E-state index in [2.05, 4.69) is 25.8 Å². The van der Waals surface area contributed by atoms with Gasteiger partial charge >= 0.3 is 0 Å². The molecule has 4 aromatic rings. The van der Waals surface area contributed by atoms with E-state index < -0.39 is 0 Å². The molecule has 32 heavy (non-hydrogen) atoms. The molecule has 4 rings (SSSR count). The van der Waals surface area contributed by atoms with Gasteiger partial charge in [0.15, 0.2) is 5.82 Å². The zero-order chi connectivity index (χ0) is 22.7. The van der Waals surface area contributed by atoms with Crippen LogP contribution in [-0.4, -0.2) is 31.1 Å². The SMILES string of the molecule is CCc1nnnn1-c1cc(C(=O)NC(C)c2ccc(N)nc2)cc(-c2ccc(C)cc2)c1. The van der Waals surface area contributed by atoms with Gasteiger partial charge in [0.05, 0.1) is 11.7 Å². The molecule has 2 heterocycles. The summed E-state index contributed by atoms with van der Waals surface area (Å²) in [5, 5.41) is 15.0. The van der Waals surface area contributed by atoms with Crippen LogP contribution in [0.3, 0.4) is 0 Å². The Morgan fingerprint density at radius 2 is 1.88 bits per heavy atom. The van der Waals surface area contributed by atoms with Crippen molar-refractivity contribution in [3.63, 3.8) is 0 Å². The molecule has 0 radical (unpaired) electrons. The van der Waals surface area contributed by atoms with Crippen LogP contribution >= 0.6 is 0 Å². The van der Waals surface area contributed by atoms with Crippen molar-refractivity contribution < 1.29 is 4.79 Å². The van der Waals surface area contributed by atoms with E-state index in [9.17, 15) is 4.79 Å². The number of nitrogen functional groups attached to an aromatic ring is 1. The molecule has 1 atom stereocenters. The Morgan fingerprint density at radius 1 is 1.09 bits per heavy atom. The van der Waals surface area contributed by atoms with Gasteiger partial charge in [0.2, 0.25) is 0 Å². The maximum absolute atomic E-state index is 13.2. The first-order valence-corrected chi connectivity index (χ1v) is 10.5. The molecule has 0 aliphatic carbocycles. The number of carbonyl (C=O) groups excluding carboxylic acids is 1. The third kappa shape index (κ3) is 4.49. The molecule has 1 amide bonds. The molecule has 0 saturated heterocycles. The Morgan fingerprint density at radius 3 is 2.56 bits per heavy atom. The first kappa shape index (κ1) is 21.2. The summed E-state index contributed by atoms with van der Waals surface area (Å²) >= 11 is 0. The molecule has 0 fully saturated rings. The van der Waals surface area contributed by atoms with Crippen LogP contribution in [0.25, 0.3) is 16.8 Å². The molecular weight excluding hydrogens is 402 g/mol. The zero-order valence-electron chi connectivity index (χ0n) is 18.3. The second-order valence-corrected chi connectivity index (χ2v) is 7.71. The van der Waals surface area contributed by atoms with Crippen molar-refractivity contribution in [1.29, 1.82) is 0 Å². The summed E-state index contributed by atoms with van der Waals surface area (Å²) in [7, 11) is 0. The van der Waals surface area contributed by atoms with Crippen molar-refractivity contribution >= 4 is 11.7 Å². The van der Waals surface area contributed by atoms with Gasteiger partial charge in [0.1, 0.15) is 5.82 Å². The van der Waals surface area contributed by atoms with Crippen LogP contribution in [0.1, 0.15) is 47.2 Å². The average Bonchev–Trinajstić information content (AvgIpc) is 3.28. The fraction of sp³-hybridized carbons (Fsp3) is 0.208. The lowest BCUT2D eigenvalue weighted by Crippen LogP contribution is -2.27. The third-order valence-corrected chi connectivity index (χ3v) is 5.32. The van der Waals surface area contributed by atoms with E-state index in [0.29, 0.717) is 17.8 Å². The lowest BCUT2D eigenvalue weighted by Gasteiger charge is -2.16. The molecule has 2 aromatic carbocycles. The summed E-state index contributed by atoms with van der Waals surface area (Å²) in [6.45, 7) is 5.94. The highest BCUT2D eigenvalue weighted by Gasteiger charge is 2.16. The lowest BCUT2D eigenvalue weighted by atomic mass is 10.00. The third-order valence-electron chi connectivity index (χ3n) is 5.32. The predicted octanol–water partition coefficient (Wildman–Crippen LogP) is 3.67. The van der Waals surface area contributed by atoms with Crippen molar-refractivity contribution in [2.45, 2.75) is 33.2 Å². The van der Waals surface area contributed by atoms with Gasteiger partial charge in [0, 0.05) is 18.2 Å². The van der Waals surface area contributed by atoms with Crippen molar-refractivity contribution in [2.75, 3.05) is 5.73 Å². The monoisotopic (exact) mass is 427 g/mol. The first-order valence-electron chi connectivity index (χ1n) is 10.5. The fourth-order valence-corrected chi connectivity index (χ4v) is 3.44. The minimum absolute atomic E-state index is 0.198. The largest absolute Gasteiger partial charge is 0.384 e. The number of benzene rings is 2. The number of rotatable bonds is 6. The summed E-state index contributed by atoms with van der Waals surface area (Å²) in [6.07, 6.45) is 2.34. The number of hydrogen-bond donors (Lipinski definition) is 2. The van der Waals surface area contributed by atoms with E-state index in [4.69, 9.17) is 5.73 Å². The number of anilines is 1. The molecule has 0 saturated carbocycles. The zero-order valence-corrected chi connectivity index (χ0v) is 18.3. The maximum atomic E-state index is 13.2. The molecule has 0 spiro atoms. The quantitative estimate of drug-likeness (QED) is 0.486. The van der Waals surface area contributed by atoms with E-state index in [1.165, 1.54) is 5.56 Å². The highest BCUT2D eigenvalue weighted by atomic mass is 16.1. The molecule has 0 bridgehead atoms. The first-order chi connectivity index (χ1) is 15.4. The van der Waals surface area contributed by atoms with Crippen LogP contribution in [0.4, 0.5) is 5.82 Å². The van der Waals surface area contributed by atoms with Gasteiger partial charge < -0.3 is 11.1 Å². The highest BCUT2D eigenvalue weighted by molar-refractivity contribution is 5.96. The summed E-state index contributed by atoms with van der Waals surface area (Å²) in [5.74, 6) is 0.963. The number of tetrazole rings is 1. The molecule has 8 nitrogen and oxygen atoms in total. The van der Waals surface area contributed by atoms with Gasteiger partial charge in [-0.1, -0.05) is 42.8 Å².